The number of hydrogen-bond donors (Lipinski definition) is 1. The predicted molar refractivity (Wildman–Crippen MR) is 95.7 cm³/mol. The first-order valence-electron chi connectivity index (χ1n) is 7.57. The Hall–Kier alpha value is -2.87. The lowest BCUT2D eigenvalue weighted by molar-refractivity contribution is -0.117. The molecule has 7 nitrogen and oxygen atoms in total. The van der Waals surface area contributed by atoms with Gasteiger partial charge in [0.25, 0.3) is 0 Å². The summed E-state index contributed by atoms with van der Waals surface area (Å²) < 4.78 is 6.81. The molecule has 3 rings (SSSR count). The molecule has 0 aliphatic rings. The number of thioether (sulfide) groups is 1. The van der Waals surface area contributed by atoms with E-state index in [-0.39, 0.29) is 11.2 Å². The summed E-state index contributed by atoms with van der Waals surface area (Å²) in [5.74, 6) is 1.01. The lowest BCUT2D eigenvalue weighted by Crippen LogP contribution is -2.22. The number of amides is 1. The molecule has 0 aliphatic heterocycles. The zero-order chi connectivity index (χ0) is 17.8. The Morgan fingerprint density at radius 1 is 1.16 bits per heavy atom. The van der Waals surface area contributed by atoms with Gasteiger partial charge in [0.05, 0.1) is 18.1 Å². The molecule has 128 valence electrons. The maximum Gasteiger partial charge on any atom is 0.230 e. The van der Waals surface area contributed by atoms with Crippen LogP contribution < -0.4 is 10.5 Å². The van der Waals surface area contributed by atoms with Crippen molar-refractivity contribution in [1.29, 1.82) is 0 Å². The zero-order valence-electron chi connectivity index (χ0n) is 13.8. The largest absolute Gasteiger partial charge is 0.497 e. The summed E-state index contributed by atoms with van der Waals surface area (Å²) in [5.41, 5.74) is 7.06. The van der Waals surface area contributed by atoms with Crippen LogP contribution in [-0.2, 0) is 4.79 Å². The monoisotopic (exact) mass is 355 g/mol. The molecule has 25 heavy (non-hydrogen) atoms. The summed E-state index contributed by atoms with van der Waals surface area (Å²) in [7, 11) is 1.63. The molecule has 0 radical (unpaired) electrons. The molecule has 1 amide bonds. The van der Waals surface area contributed by atoms with E-state index in [2.05, 4.69) is 15.3 Å². The molecule has 0 bridgehead atoms. The quantitative estimate of drug-likeness (QED) is 0.682. The van der Waals surface area contributed by atoms with Crippen LogP contribution in [0.15, 0.2) is 53.7 Å². The number of nitrogens with two attached hydrogens (primary N) is 1. The van der Waals surface area contributed by atoms with Crippen LogP contribution in [0.1, 0.15) is 6.92 Å². The van der Waals surface area contributed by atoms with Crippen molar-refractivity contribution >= 4 is 17.7 Å². The molecule has 1 unspecified atom stereocenters. The van der Waals surface area contributed by atoms with Gasteiger partial charge in [-0.2, -0.15) is 5.10 Å². The number of rotatable bonds is 6. The highest BCUT2D eigenvalue weighted by molar-refractivity contribution is 8.00. The van der Waals surface area contributed by atoms with Crippen molar-refractivity contribution in [2.24, 2.45) is 5.73 Å². The first-order chi connectivity index (χ1) is 12.1. The van der Waals surface area contributed by atoms with Gasteiger partial charge in [0.15, 0.2) is 5.82 Å². The van der Waals surface area contributed by atoms with E-state index < -0.39 is 0 Å². The molecule has 0 fully saturated rings. The van der Waals surface area contributed by atoms with Gasteiger partial charge in [0, 0.05) is 11.8 Å². The van der Waals surface area contributed by atoms with Crippen LogP contribution in [0.3, 0.4) is 0 Å². The third kappa shape index (κ3) is 3.97. The van der Waals surface area contributed by atoms with Gasteiger partial charge in [0.2, 0.25) is 5.91 Å². The molecule has 0 saturated carbocycles. The Kier molecular flexibility index (Phi) is 4.99. The van der Waals surface area contributed by atoms with E-state index in [0.29, 0.717) is 10.8 Å². The number of hydrogen-bond acceptors (Lipinski definition) is 6. The van der Waals surface area contributed by atoms with Gasteiger partial charge in [-0.25, -0.2) is 4.68 Å². The summed E-state index contributed by atoms with van der Waals surface area (Å²) in [6, 6.07) is 13.2. The van der Waals surface area contributed by atoms with Crippen molar-refractivity contribution in [3.05, 3.63) is 48.7 Å². The topological polar surface area (TPSA) is 95.9 Å². The summed E-state index contributed by atoms with van der Waals surface area (Å²) in [5, 5.41) is 13.1. The Morgan fingerprint density at radius 2 is 1.92 bits per heavy atom. The Morgan fingerprint density at radius 3 is 2.52 bits per heavy atom. The van der Waals surface area contributed by atoms with Gasteiger partial charge in [-0.05, 0) is 49.4 Å². The molecule has 3 aromatic rings. The highest BCUT2D eigenvalue weighted by Crippen LogP contribution is 2.22. The molecule has 2 heterocycles. The first-order valence-corrected chi connectivity index (χ1v) is 8.45. The summed E-state index contributed by atoms with van der Waals surface area (Å²) in [6.07, 6.45) is 1.82. The van der Waals surface area contributed by atoms with Crippen molar-refractivity contribution in [1.82, 2.24) is 20.0 Å². The molecule has 1 aromatic carbocycles. The highest BCUT2D eigenvalue weighted by atomic mass is 32.2. The summed E-state index contributed by atoms with van der Waals surface area (Å²) >= 11 is 1.27. The third-order valence-electron chi connectivity index (χ3n) is 3.53. The van der Waals surface area contributed by atoms with Crippen LogP contribution in [0, 0.1) is 0 Å². The fourth-order valence-corrected chi connectivity index (χ4v) is 2.82. The standard InChI is InChI=1S/C17H17N5O2S/c1-11(17(18)23)25-16-8-7-15(19-20-16)22-10-9-14(21-22)12-3-5-13(24-2)6-4-12/h3-11H,1-2H3,(H2,18,23). The van der Waals surface area contributed by atoms with E-state index in [4.69, 9.17) is 10.5 Å². The van der Waals surface area contributed by atoms with Crippen molar-refractivity contribution < 1.29 is 9.53 Å². The fraction of sp³-hybridized carbons (Fsp3) is 0.176. The molecule has 0 aliphatic carbocycles. The van der Waals surface area contributed by atoms with Crippen molar-refractivity contribution in [2.75, 3.05) is 7.11 Å². The predicted octanol–water partition coefficient (Wildman–Crippen LogP) is 2.30. The third-order valence-corrected chi connectivity index (χ3v) is 4.58. The minimum atomic E-state index is -0.382. The molecule has 2 aromatic heterocycles. The van der Waals surface area contributed by atoms with E-state index in [9.17, 15) is 4.79 Å². The lowest BCUT2D eigenvalue weighted by atomic mass is 10.1. The maximum absolute atomic E-state index is 11.1. The molecule has 0 spiro atoms. The van der Waals surface area contributed by atoms with Crippen LogP contribution in [0.5, 0.6) is 5.75 Å². The average molecular weight is 355 g/mol. The van der Waals surface area contributed by atoms with E-state index in [1.165, 1.54) is 11.8 Å². The Balaban J connectivity index is 1.76. The number of carbonyl (C=O) groups excluding carboxylic acids is 1. The number of nitrogens with zero attached hydrogens (tertiary/aromatic N) is 4. The fourth-order valence-electron chi connectivity index (χ4n) is 2.10. The highest BCUT2D eigenvalue weighted by Gasteiger charge is 2.12. The van der Waals surface area contributed by atoms with Crippen LogP contribution in [0.2, 0.25) is 0 Å². The average Bonchev–Trinajstić information content (AvgIpc) is 3.12. The van der Waals surface area contributed by atoms with Gasteiger partial charge in [-0.1, -0.05) is 11.8 Å². The van der Waals surface area contributed by atoms with E-state index in [1.54, 1.807) is 30.8 Å². The summed E-state index contributed by atoms with van der Waals surface area (Å²) in [4.78, 5) is 11.1. The van der Waals surface area contributed by atoms with Crippen LogP contribution in [-0.4, -0.2) is 38.2 Å². The number of ether oxygens (including phenoxy) is 1. The lowest BCUT2D eigenvalue weighted by Gasteiger charge is -2.06. The molecule has 2 N–H and O–H groups in total. The van der Waals surface area contributed by atoms with E-state index >= 15 is 0 Å². The molecule has 1 atom stereocenters. The molecule has 0 saturated heterocycles. The normalized spacial score (nSPS) is 11.9. The van der Waals surface area contributed by atoms with Gasteiger partial charge >= 0.3 is 0 Å². The first kappa shape index (κ1) is 17.0. The SMILES string of the molecule is COc1ccc(-c2ccn(-c3ccc(SC(C)C(N)=O)nn3)n2)cc1. The number of benzene rings is 1. The maximum atomic E-state index is 11.1. The molecular weight excluding hydrogens is 338 g/mol. The number of methoxy groups -OCH3 is 1. The Labute approximate surface area is 149 Å². The smallest absolute Gasteiger partial charge is 0.230 e. The second-order valence-corrected chi connectivity index (χ2v) is 6.63. The van der Waals surface area contributed by atoms with Crippen LogP contribution >= 0.6 is 11.8 Å². The molecular formula is C17H17N5O2S. The molecule has 8 heteroatoms. The second kappa shape index (κ2) is 7.35. The van der Waals surface area contributed by atoms with Gasteiger partial charge in [-0.15, -0.1) is 10.2 Å². The number of primary amides is 1. The zero-order valence-corrected chi connectivity index (χ0v) is 14.6. The van der Waals surface area contributed by atoms with Gasteiger partial charge in [-0.3, -0.25) is 4.79 Å². The van der Waals surface area contributed by atoms with Gasteiger partial charge < -0.3 is 10.5 Å². The van der Waals surface area contributed by atoms with Crippen molar-refractivity contribution in [3.8, 4) is 22.8 Å². The minimum Gasteiger partial charge on any atom is -0.497 e. The second-order valence-electron chi connectivity index (χ2n) is 5.27. The van der Waals surface area contributed by atoms with Crippen molar-refractivity contribution in [2.45, 2.75) is 17.2 Å². The number of aromatic nitrogens is 4. The minimum absolute atomic E-state index is 0.355. The van der Waals surface area contributed by atoms with Crippen molar-refractivity contribution in [3.63, 3.8) is 0 Å². The van der Waals surface area contributed by atoms with Crippen LogP contribution in [0.4, 0.5) is 0 Å². The Bertz CT molecular complexity index is 862. The van der Waals surface area contributed by atoms with Crippen LogP contribution in [0.25, 0.3) is 17.1 Å². The van der Waals surface area contributed by atoms with E-state index in [1.807, 2.05) is 36.5 Å². The van der Waals surface area contributed by atoms with Gasteiger partial charge in [0.1, 0.15) is 10.8 Å². The van der Waals surface area contributed by atoms with E-state index in [0.717, 1.165) is 17.0 Å². The number of carbonyl (C=O) groups is 1. The summed E-state index contributed by atoms with van der Waals surface area (Å²) in [6.45, 7) is 1.73.